The predicted molar refractivity (Wildman–Crippen MR) is 84.3 cm³/mol. The van der Waals surface area contributed by atoms with E-state index in [9.17, 15) is 20.0 Å². The van der Waals surface area contributed by atoms with Gasteiger partial charge in [0.05, 0.1) is 6.61 Å². The third-order valence-electron chi connectivity index (χ3n) is 4.25. The Balaban J connectivity index is 2.90. The number of hydrogen-bond donors (Lipinski definition) is 4. The van der Waals surface area contributed by atoms with Gasteiger partial charge in [0.2, 0.25) is 0 Å². The van der Waals surface area contributed by atoms with Crippen molar-refractivity contribution < 1.29 is 20.0 Å². The topological polar surface area (TPSA) is 80.9 Å². The first-order chi connectivity index (χ1) is 9.06. The average molecular weight is 296 g/mol. The zero-order chi connectivity index (χ0) is 15.6. The molecular formula is C14H25BO4Si. The summed E-state index contributed by atoms with van der Waals surface area (Å²) in [5.41, 5.74) is 2.01. The van der Waals surface area contributed by atoms with Crippen molar-refractivity contribution in [3.63, 3.8) is 0 Å². The molecule has 0 saturated carbocycles. The molecule has 0 heterocycles. The molecule has 1 aromatic carbocycles. The lowest BCUT2D eigenvalue weighted by Gasteiger charge is -2.35. The molecule has 0 aliphatic carbocycles. The summed E-state index contributed by atoms with van der Waals surface area (Å²) in [6.07, 6.45) is 1.55. The van der Waals surface area contributed by atoms with E-state index in [1.54, 1.807) is 12.1 Å². The molecule has 4 nitrogen and oxygen atoms in total. The van der Waals surface area contributed by atoms with Crippen LogP contribution in [0.5, 0.6) is 0 Å². The number of aliphatic hydroxyl groups is 1. The van der Waals surface area contributed by atoms with E-state index in [-0.39, 0.29) is 11.6 Å². The molecule has 0 radical (unpaired) electrons. The number of benzene rings is 1. The van der Waals surface area contributed by atoms with Crippen molar-refractivity contribution >= 4 is 20.9 Å². The second-order valence-corrected chi connectivity index (χ2v) is 11.0. The van der Waals surface area contributed by atoms with Crippen molar-refractivity contribution in [1.82, 2.24) is 0 Å². The molecule has 1 rings (SSSR count). The van der Waals surface area contributed by atoms with Gasteiger partial charge in [-0.25, -0.2) is 0 Å². The van der Waals surface area contributed by atoms with E-state index in [2.05, 4.69) is 13.8 Å². The fourth-order valence-corrected chi connectivity index (χ4v) is 2.68. The highest BCUT2D eigenvalue weighted by atomic mass is 28.4. The summed E-state index contributed by atoms with van der Waals surface area (Å²) in [5, 5.41) is 27.6. The molecule has 0 aromatic heterocycles. The van der Waals surface area contributed by atoms with Crippen LogP contribution in [0, 0.1) is 0 Å². The summed E-state index contributed by atoms with van der Waals surface area (Å²) in [7, 11) is -3.77. The molecule has 1 aromatic rings. The van der Waals surface area contributed by atoms with E-state index in [4.69, 9.17) is 0 Å². The summed E-state index contributed by atoms with van der Waals surface area (Å²) in [6, 6.07) is 5.20. The standard InChI is InChI=1S/C14H25BO4Si/c1-14(2,20(3,4)19)6-5-11-7-12(10-16)9-13(8-11)15(17)18/h7-9,16-19H,5-6,10H2,1-4H3. The van der Waals surface area contributed by atoms with E-state index in [1.165, 1.54) is 0 Å². The molecule has 0 saturated heterocycles. The van der Waals surface area contributed by atoms with Crippen LogP contribution >= 0.6 is 0 Å². The first-order valence-electron chi connectivity index (χ1n) is 6.89. The summed E-state index contributed by atoms with van der Waals surface area (Å²) in [5.74, 6) is 0. The van der Waals surface area contributed by atoms with Crippen molar-refractivity contribution in [2.75, 3.05) is 0 Å². The van der Waals surface area contributed by atoms with Crippen LogP contribution in [0.15, 0.2) is 18.2 Å². The van der Waals surface area contributed by atoms with Crippen molar-refractivity contribution in [1.29, 1.82) is 0 Å². The normalized spacial score (nSPS) is 12.6. The van der Waals surface area contributed by atoms with E-state index < -0.39 is 15.4 Å². The van der Waals surface area contributed by atoms with Crippen molar-refractivity contribution in [2.45, 2.75) is 51.4 Å². The molecule has 0 amide bonds. The van der Waals surface area contributed by atoms with Crippen LogP contribution in [0.25, 0.3) is 0 Å². The Hall–Kier alpha value is -0.658. The van der Waals surface area contributed by atoms with Gasteiger partial charge in [-0.2, -0.15) is 0 Å². The number of aliphatic hydroxyl groups excluding tert-OH is 1. The number of hydrogen-bond acceptors (Lipinski definition) is 4. The lowest BCUT2D eigenvalue weighted by atomic mass is 9.78. The summed E-state index contributed by atoms with van der Waals surface area (Å²) >= 11 is 0. The zero-order valence-electron chi connectivity index (χ0n) is 12.7. The van der Waals surface area contributed by atoms with E-state index in [1.807, 2.05) is 19.2 Å². The molecular weight excluding hydrogens is 271 g/mol. The number of aryl methyl sites for hydroxylation is 1. The van der Waals surface area contributed by atoms with Gasteiger partial charge in [-0.15, -0.1) is 0 Å². The first kappa shape index (κ1) is 17.4. The Bertz CT molecular complexity index is 455. The van der Waals surface area contributed by atoms with Gasteiger partial charge in [-0.3, -0.25) is 0 Å². The monoisotopic (exact) mass is 296 g/mol. The smallest absolute Gasteiger partial charge is 0.432 e. The minimum absolute atomic E-state index is 0.125. The fraction of sp³-hybridized carbons (Fsp3) is 0.571. The lowest BCUT2D eigenvalue weighted by molar-refractivity contribution is 0.281. The van der Waals surface area contributed by atoms with Gasteiger partial charge in [-0.05, 0) is 47.6 Å². The Kier molecular flexibility index (Phi) is 5.57. The Morgan fingerprint density at radius 2 is 1.65 bits per heavy atom. The van der Waals surface area contributed by atoms with E-state index in [0.29, 0.717) is 11.0 Å². The maximum Gasteiger partial charge on any atom is 0.488 e. The van der Waals surface area contributed by atoms with Crippen LogP contribution in [0.1, 0.15) is 31.4 Å². The maximum absolute atomic E-state index is 10.3. The zero-order valence-corrected chi connectivity index (χ0v) is 13.7. The third-order valence-corrected chi connectivity index (χ3v) is 7.81. The SMILES string of the molecule is CC(C)(CCc1cc(CO)cc(B(O)O)c1)[Si](C)(C)O. The van der Waals surface area contributed by atoms with Crippen LogP contribution < -0.4 is 5.46 Å². The highest BCUT2D eigenvalue weighted by Gasteiger charge is 2.37. The Morgan fingerprint density at radius 1 is 1.10 bits per heavy atom. The van der Waals surface area contributed by atoms with Gasteiger partial charge in [-0.1, -0.05) is 32.0 Å². The van der Waals surface area contributed by atoms with Gasteiger partial charge in [0.25, 0.3) is 0 Å². The van der Waals surface area contributed by atoms with Gasteiger partial charge in [0, 0.05) is 0 Å². The largest absolute Gasteiger partial charge is 0.488 e. The molecule has 112 valence electrons. The molecule has 20 heavy (non-hydrogen) atoms. The fourth-order valence-electron chi connectivity index (χ4n) is 1.94. The molecule has 0 aliphatic heterocycles. The highest BCUT2D eigenvalue weighted by molar-refractivity contribution is 6.72. The average Bonchev–Trinajstić information content (AvgIpc) is 2.34. The predicted octanol–water partition coefficient (Wildman–Crippen LogP) is 0.769. The van der Waals surface area contributed by atoms with Crippen LogP contribution in [-0.2, 0) is 13.0 Å². The minimum Gasteiger partial charge on any atom is -0.432 e. The molecule has 6 heteroatoms. The van der Waals surface area contributed by atoms with Crippen LogP contribution in [0.3, 0.4) is 0 Å². The van der Waals surface area contributed by atoms with Crippen molar-refractivity contribution in [3.05, 3.63) is 29.3 Å². The molecule has 0 atom stereocenters. The molecule has 0 aliphatic rings. The van der Waals surface area contributed by atoms with Crippen molar-refractivity contribution in [2.24, 2.45) is 0 Å². The van der Waals surface area contributed by atoms with Crippen LogP contribution in [-0.4, -0.2) is 35.4 Å². The molecule has 0 bridgehead atoms. The van der Waals surface area contributed by atoms with E-state index >= 15 is 0 Å². The highest BCUT2D eigenvalue weighted by Crippen LogP contribution is 2.39. The summed E-state index contributed by atoms with van der Waals surface area (Å²) in [6.45, 7) is 7.87. The lowest BCUT2D eigenvalue weighted by Crippen LogP contribution is -2.39. The quantitative estimate of drug-likeness (QED) is 0.585. The molecule has 0 spiro atoms. The first-order valence-corrected chi connectivity index (χ1v) is 9.83. The Morgan fingerprint density at radius 3 is 2.10 bits per heavy atom. The second-order valence-electron chi connectivity index (χ2n) is 6.56. The van der Waals surface area contributed by atoms with Crippen molar-refractivity contribution in [3.8, 4) is 0 Å². The van der Waals surface area contributed by atoms with Crippen LogP contribution in [0.4, 0.5) is 0 Å². The third kappa shape index (κ3) is 4.43. The van der Waals surface area contributed by atoms with Gasteiger partial charge >= 0.3 is 7.12 Å². The van der Waals surface area contributed by atoms with Gasteiger partial charge < -0.3 is 20.0 Å². The van der Waals surface area contributed by atoms with E-state index in [0.717, 1.165) is 18.4 Å². The van der Waals surface area contributed by atoms with Gasteiger partial charge in [0.15, 0.2) is 8.32 Å². The molecule has 4 N–H and O–H groups in total. The number of rotatable bonds is 6. The maximum atomic E-state index is 10.3. The van der Waals surface area contributed by atoms with Gasteiger partial charge in [0.1, 0.15) is 0 Å². The summed E-state index contributed by atoms with van der Waals surface area (Å²) < 4.78 is 0. The second kappa shape index (κ2) is 6.41. The minimum atomic E-state index is -2.24. The Labute approximate surface area is 122 Å². The molecule has 0 unspecified atom stereocenters. The molecule has 0 fully saturated rings. The summed E-state index contributed by atoms with van der Waals surface area (Å²) in [4.78, 5) is 10.3. The van der Waals surface area contributed by atoms with Crippen LogP contribution in [0.2, 0.25) is 18.1 Å².